The highest BCUT2D eigenvalue weighted by molar-refractivity contribution is 8.22. The number of aryl methyl sites for hydroxylation is 1. The van der Waals surface area contributed by atoms with E-state index >= 15 is 0 Å². The summed E-state index contributed by atoms with van der Waals surface area (Å²) in [5.74, 6) is 1.31. The average Bonchev–Trinajstić information content (AvgIpc) is 2.74. The van der Waals surface area contributed by atoms with Gasteiger partial charge in [0.15, 0.2) is 0 Å². The van der Waals surface area contributed by atoms with Gasteiger partial charge in [0.2, 0.25) is 0 Å². The molecular formula is C29H39NS. The van der Waals surface area contributed by atoms with Gasteiger partial charge in [-0.1, -0.05) is 82.4 Å². The zero-order valence-corrected chi connectivity index (χ0v) is 21.1. The molecule has 2 unspecified atom stereocenters. The molecule has 0 saturated carbocycles. The molecule has 2 aromatic carbocycles. The molecule has 0 saturated heterocycles. The molecule has 0 radical (unpaired) electrons. The van der Waals surface area contributed by atoms with E-state index in [-0.39, 0.29) is 0 Å². The van der Waals surface area contributed by atoms with Gasteiger partial charge in [0.25, 0.3) is 0 Å². The molecule has 1 aliphatic carbocycles. The van der Waals surface area contributed by atoms with E-state index in [1.165, 1.54) is 46.2 Å². The SMILES string of the molecule is C=C(SC(=NC(C)CC)c1cccc2c1CCCC2C)c1ccc(CC(C)C)c(C)c1. The van der Waals surface area contributed by atoms with Crippen LogP contribution in [0.4, 0.5) is 0 Å². The molecule has 0 heterocycles. The minimum absolute atomic E-state index is 0.308. The fourth-order valence-corrected chi connectivity index (χ4v) is 5.45. The standard InChI is InChI=1S/C29H39NS/c1-8-22(6)30-29(28-14-10-12-26-20(4)11-9-13-27(26)28)31-23(7)25-16-15-24(17-19(2)3)21(5)18-25/h10,12,14-16,18-20,22H,7-9,11,13,17H2,1-6H3. The summed E-state index contributed by atoms with van der Waals surface area (Å²) >= 11 is 1.75. The Kier molecular flexibility index (Phi) is 8.22. The van der Waals surface area contributed by atoms with Gasteiger partial charge < -0.3 is 0 Å². The molecule has 0 spiro atoms. The summed E-state index contributed by atoms with van der Waals surface area (Å²) in [6.45, 7) is 18.0. The van der Waals surface area contributed by atoms with E-state index in [2.05, 4.69) is 84.5 Å². The Morgan fingerprint density at radius 1 is 1.19 bits per heavy atom. The first-order chi connectivity index (χ1) is 14.8. The predicted molar refractivity (Wildman–Crippen MR) is 140 cm³/mol. The maximum absolute atomic E-state index is 5.16. The van der Waals surface area contributed by atoms with Gasteiger partial charge in [0.1, 0.15) is 5.04 Å². The maximum Gasteiger partial charge on any atom is 0.103 e. The van der Waals surface area contributed by atoms with E-state index in [0.717, 1.165) is 29.2 Å². The second-order valence-corrected chi connectivity index (χ2v) is 10.7. The van der Waals surface area contributed by atoms with Crippen molar-refractivity contribution < 1.29 is 0 Å². The minimum Gasteiger partial charge on any atom is -0.274 e. The predicted octanol–water partition coefficient (Wildman–Crippen LogP) is 8.58. The number of rotatable bonds is 7. The maximum atomic E-state index is 5.16. The minimum atomic E-state index is 0.308. The van der Waals surface area contributed by atoms with E-state index in [4.69, 9.17) is 4.99 Å². The van der Waals surface area contributed by atoms with Crippen molar-refractivity contribution in [1.29, 1.82) is 0 Å². The molecule has 1 aliphatic rings. The molecule has 166 valence electrons. The van der Waals surface area contributed by atoms with Crippen LogP contribution in [0.2, 0.25) is 0 Å². The van der Waals surface area contributed by atoms with Gasteiger partial charge in [-0.15, -0.1) is 0 Å². The van der Waals surface area contributed by atoms with E-state index < -0.39 is 0 Å². The second-order valence-electron chi connectivity index (χ2n) is 9.62. The molecule has 1 nitrogen and oxygen atoms in total. The Hall–Kier alpha value is -1.80. The first-order valence-electron chi connectivity index (χ1n) is 12.0. The van der Waals surface area contributed by atoms with Crippen molar-refractivity contribution in [3.8, 4) is 0 Å². The van der Waals surface area contributed by atoms with Gasteiger partial charge in [-0.3, -0.25) is 4.99 Å². The average molecular weight is 434 g/mol. The smallest absolute Gasteiger partial charge is 0.103 e. The molecule has 0 amide bonds. The summed E-state index contributed by atoms with van der Waals surface area (Å²) in [7, 11) is 0. The Morgan fingerprint density at radius 2 is 1.97 bits per heavy atom. The third-order valence-corrected chi connectivity index (χ3v) is 7.48. The zero-order valence-electron chi connectivity index (χ0n) is 20.3. The van der Waals surface area contributed by atoms with Crippen LogP contribution in [0.1, 0.15) is 93.2 Å². The molecule has 2 atom stereocenters. The summed E-state index contributed by atoms with van der Waals surface area (Å²) in [5, 5.41) is 1.13. The lowest BCUT2D eigenvalue weighted by Gasteiger charge is -2.25. The highest BCUT2D eigenvalue weighted by Gasteiger charge is 2.22. The lowest BCUT2D eigenvalue weighted by molar-refractivity contribution is 0.590. The Morgan fingerprint density at radius 3 is 2.65 bits per heavy atom. The molecule has 3 rings (SSSR count). The summed E-state index contributed by atoms with van der Waals surface area (Å²) < 4.78 is 0. The van der Waals surface area contributed by atoms with Crippen LogP contribution < -0.4 is 0 Å². The Labute approximate surface area is 194 Å². The number of nitrogens with zero attached hydrogens (tertiary/aromatic N) is 1. The van der Waals surface area contributed by atoms with Crippen molar-refractivity contribution in [2.45, 2.75) is 85.6 Å². The number of fused-ring (bicyclic) bond motifs is 1. The van der Waals surface area contributed by atoms with Crippen molar-refractivity contribution in [2.24, 2.45) is 10.9 Å². The second kappa shape index (κ2) is 10.7. The van der Waals surface area contributed by atoms with Crippen LogP contribution in [-0.2, 0) is 12.8 Å². The van der Waals surface area contributed by atoms with Gasteiger partial charge in [0, 0.05) is 16.5 Å². The van der Waals surface area contributed by atoms with E-state index in [0.29, 0.717) is 17.9 Å². The molecule has 0 fully saturated rings. The quantitative estimate of drug-likeness (QED) is 0.314. The first kappa shape index (κ1) is 23.9. The van der Waals surface area contributed by atoms with Crippen LogP contribution >= 0.6 is 11.8 Å². The van der Waals surface area contributed by atoms with Gasteiger partial charge in [-0.2, -0.15) is 0 Å². The Bertz CT molecular complexity index is 953. The molecule has 0 N–H and O–H groups in total. The highest BCUT2D eigenvalue weighted by atomic mass is 32.2. The fraction of sp³-hybridized carbons (Fsp3) is 0.483. The van der Waals surface area contributed by atoms with Gasteiger partial charge in [0.05, 0.1) is 0 Å². The normalized spacial score (nSPS) is 17.5. The van der Waals surface area contributed by atoms with Gasteiger partial charge in [-0.05, 0) is 85.6 Å². The lowest BCUT2D eigenvalue weighted by Crippen LogP contribution is -2.13. The summed E-state index contributed by atoms with van der Waals surface area (Å²) in [6.07, 6.45) is 5.89. The van der Waals surface area contributed by atoms with Crippen molar-refractivity contribution in [3.63, 3.8) is 0 Å². The summed E-state index contributed by atoms with van der Waals surface area (Å²) in [6, 6.07) is 13.9. The van der Waals surface area contributed by atoms with Gasteiger partial charge in [-0.25, -0.2) is 0 Å². The molecule has 0 aromatic heterocycles. The van der Waals surface area contributed by atoms with Crippen molar-refractivity contribution in [3.05, 3.63) is 76.4 Å². The van der Waals surface area contributed by atoms with Crippen molar-refractivity contribution in [2.75, 3.05) is 0 Å². The van der Waals surface area contributed by atoms with Crippen LogP contribution in [0.15, 0.2) is 48.0 Å². The molecular weight excluding hydrogens is 394 g/mol. The van der Waals surface area contributed by atoms with Gasteiger partial charge >= 0.3 is 0 Å². The number of benzene rings is 2. The topological polar surface area (TPSA) is 12.4 Å². The summed E-state index contributed by atoms with van der Waals surface area (Å²) in [4.78, 5) is 6.25. The Balaban J connectivity index is 1.93. The van der Waals surface area contributed by atoms with Crippen LogP contribution in [0, 0.1) is 12.8 Å². The molecule has 2 heteroatoms. The fourth-order valence-electron chi connectivity index (χ4n) is 4.44. The third kappa shape index (κ3) is 5.92. The largest absolute Gasteiger partial charge is 0.274 e. The molecule has 0 aliphatic heterocycles. The monoisotopic (exact) mass is 433 g/mol. The van der Waals surface area contributed by atoms with Crippen molar-refractivity contribution in [1.82, 2.24) is 0 Å². The lowest BCUT2D eigenvalue weighted by atomic mass is 9.82. The zero-order chi connectivity index (χ0) is 22.5. The van der Waals surface area contributed by atoms with Crippen LogP contribution in [0.5, 0.6) is 0 Å². The first-order valence-corrected chi connectivity index (χ1v) is 12.8. The molecule has 0 bridgehead atoms. The summed E-state index contributed by atoms with van der Waals surface area (Å²) in [5.41, 5.74) is 8.36. The van der Waals surface area contributed by atoms with E-state index in [1.807, 2.05) is 0 Å². The van der Waals surface area contributed by atoms with Crippen LogP contribution in [0.3, 0.4) is 0 Å². The number of hydrogen-bond donors (Lipinski definition) is 0. The van der Waals surface area contributed by atoms with E-state index in [9.17, 15) is 0 Å². The van der Waals surface area contributed by atoms with Crippen molar-refractivity contribution >= 4 is 21.7 Å². The number of aliphatic imine (C=N–C) groups is 1. The molecule has 2 aromatic rings. The number of hydrogen-bond acceptors (Lipinski definition) is 2. The number of thioether (sulfide) groups is 1. The molecule has 31 heavy (non-hydrogen) atoms. The highest BCUT2D eigenvalue weighted by Crippen LogP contribution is 2.37. The van der Waals surface area contributed by atoms with E-state index in [1.54, 1.807) is 11.8 Å². The van der Waals surface area contributed by atoms with Crippen LogP contribution in [-0.4, -0.2) is 11.1 Å². The van der Waals surface area contributed by atoms with Crippen LogP contribution in [0.25, 0.3) is 4.91 Å². The third-order valence-electron chi connectivity index (χ3n) is 6.48.